The lowest BCUT2D eigenvalue weighted by Gasteiger charge is -2.33. The van der Waals surface area contributed by atoms with Crippen molar-refractivity contribution in [3.05, 3.63) is 53.1 Å². The van der Waals surface area contributed by atoms with Crippen molar-refractivity contribution in [2.75, 3.05) is 17.7 Å². The van der Waals surface area contributed by atoms with Gasteiger partial charge in [-0.2, -0.15) is 0 Å². The molecule has 0 bridgehead atoms. The van der Waals surface area contributed by atoms with E-state index in [1.807, 2.05) is 57.2 Å². The summed E-state index contributed by atoms with van der Waals surface area (Å²) in [6.45, 7) is 8.30. The number of carbonyl (C=O) groups is 1. The molecule has 150 valence electrons. The maximum atomic E-state index is 12.4. The molecule has 1 aliphatic rings. The largest absolute Gasteiger partial charge is 0.611 e. The molecule has 28 heavy (non-hydrogen) atoms. The topological polar surface area (TPSA) is 70.6 Å². The van der Waals surface area contributed by atoms with E-state index in [1.54, 1.807) is 0 Å². The molecule has 1 aliphatic heterocycles. The van der Waals surface area contributed by atoms with E-state index in [0.29, 0.717) is 23.8 Å². The fourth-order valence-electron chi connectivity index (χ4n) is 3.19. The van der Waals surface area contributed by atoms with Crippen LogP contribution in [0, 0.1) is 13.8 Å². The van der Waals surface area contributed by atoms with Crippen molar-refractivity contribution < 1.29 is 18.8 Å². The zero-order valence-electron chi connectivity index (χ0n) is 16.8. The highest BCUT2D eigenvalue weighted by Crippen LogP contribution is 2.40. The van der Waals surface area contributed by atoms with E-state index in [-0.39, 0.29) is 0 Å². The number of fused-ring (bicyclic) bond motifs is 1. The number of hydrogen-bond donors (Lipinski definition) is 1. The summed E-state index contributed by atoms with van der Waals surface area (Å²) in [5.41, 5.74) is 3.24. The van der Waals surface area contributed by atoms with Crippen LogP contribution < -0.4 is 10.1 Å². The fourth-order valence-corrected chi connectivity index (χ4v) is 4.42. The molecule has 2 aromatic rings. The zero-order chi connectivity index (χ0) is 20.3. The Bertz CT molecular complexity index is 866. The predicted molar refractivity (Wildman–Crippen MR) is 111 cm³/mol. The van der Waals surface area contributed by atoms with Crippen LogP contribution in [0.5, 0.6) is 5.75 Å². The molecule has 1 unspecified atom stereocenters. The molecule has 1 atom stereocenters. The third kappa shape index (κ3) is 4.62. The van der Waals surface area contributed by atoms with E-state index in [0.717, 1.165) is 28.9 Å². The van der Waals surface area contributed by atoms with Crippen molar-refractivity contribution in [1.82, 2.24) is 0 Å². The van der Waals surface area contributed by atoms with Gasteiger partial charge in [0.05, 0.1) is 12.3 Å². The molecule has 0 saturated heterocycles. The number of nitrogens with one attached hydrogen (secondary N) is 1. The third-order valence-electron chi connectivity index (χ3n) is 4.97. The maximum absolute atomic E-state index is 12.4. The van der Waals surface area contributed by atoms with Crippen molar-refractivity contribution in [2.45, 2.75) is 51.0 Å². The molecule has 1 N–H and O–H groups in total. The molecule has 1 heterocycles. The second-order valence-corrected chi connectivity index (χ2v) is 9.13. The van der Waals surface area contributed by atoms with E-state index in [9.17, 15) is 9.35 Å². The summed E-state index contributed by atoms with van der Waals surface area (Å²) in [5.74, 6) is 1.24. The first-order chi connectivity index (χ1) is 13.3. The minimum atomic E-state index is -0.996. The zero-order valence-corrected chi connectivity index (χ0v) is 17.7. The molecule has 0 aromatic heterocycles. The van der Waals surface area contributed by atoms with Gasteiger partial charge in [-0.05, 0) is 81.0 Å². The van der Waals surface area contributed by atoms with Crippen LogP contribution in [-0.4, -0.2) is 23.0 Å². The van der Waals surface area contributed by atoms with Crippen LogP contribution in [0.25, 0.3) is 0 Å². The van der Waals surface area contributed by atoms with Gasteiger partial charge < -0.3 is 14.0 Å². The van der Waals surface area contributed by atoms with Gasteiger partial charge in [-0.1, -0.05) is 18.2 Å². The first kappa shape index (κ1) is 20.6. The van der Waals surface area contributed by atoms with Gasteiger partial charge in [-0.3, -0.25) is 5.32 Å². The van der Waals surface area contributed by atoms with E-state index < -0.39 is 22.9 Å². The monoisotopic (exact) mass is 401 g/mol. The van der Waals surface area contributed by atoms with Crippen molar-refractivity contribution >= 4 is 23.0 Å². The first-order valence-electron chi connectivity index (χ1n) is 9.50. The quantitative estimate of drug-likeness (QED) is 0.519. The number of hydrogen-bond acceptors (Lipinski definition) is 4. The van der Waals surface area contributed by atoms with Crippen molar-refractivity contribution in [2.24, 2.45) is 0 Å². The molecular formula is C22H27NO4S. The summed E-state index contributed by atoms with van der Waals surface area (Å²) in [5, 5.41) is 2.74. The minimum Gasteiger partial charge on any atom is -0.611 e. The summed E-state index contributed by atoms with van der Waals surface area (Å²) in [6, 6.07) is 11.6. The van der Waals surface area contributed by atoms with Gasteiger partial charge in [-0.15, -0.1) is 0 Å². The number of aryl methyl sites for hydroxylation is 2. The molecule has 0 radical (unpaired) electrons. The highest BCUT2D eigenvalue weighted by Gasteiger charge is 2.34. The molecule has 0 fully saturated rings. The molecular weight excluding hydrogens is 374 g/mol. The van der Waals surface area contributed by atoms with E-state index >= 15 is 0 Å². The fraction of sp³-hybridized carbons (Fsp3) is 0.409. The Hall–Kier alpha value is -2.18. The molecule has 6 heteroatoms. The Morgan fingerprint density at radius 2 is 1.93 bits per heavy atom. The number of benzene rings is 2. The summed E-state index contributed by atoms with van der Waals surface area (Å²) in [7, 11) is 0. The predicted octanol–water partition coefficient (Wildman–Crippen LogP) is 5.07. The minimum absolute atomic E-state index is 0.475. The highest BCUT2D eigenvalue weighted by atomic mass is 32.2. The van der Waals surface area contributed by atoms with E-state index in [1.165, 1.54) is 5.56 Å². The molecule has 5 nitrogen and oxygen atoms in total. The summed E-state index contributed by atoms with van der Waals surface area (Å²) in [6.07, 6.45) is 1.11. The Labute approximate surface area is 169 Å². The SMILES string of the molecule is Cc1ccc([S+]([O-])CCCCOc2cccc3c2NC(=O)OC3(C)C)cc1C. The summed E-state index contributed by atoms with van der Waals surface area (Å²) in [4.78, 5) is 12.7. The Balaban J connectivity index is 1.52. The van der Waals surface area contributed by atoms with Gasteiger partial charge in [0.2, 0.25) is 0 Å². The van der Waals surface area contributed by atoms with Gasteiger partial charge in [0, 0.05) is 5.56 Å². The summed E-state index contributed by atoms with van der Waals surface area (Å²) < 4.78 is 23.7. The van der Waals surface area contributed by atoms with Gasteiger partial charge in [0.15, 0.2) is 4.90 Å². The molecule has 3 rings (SSSR count). The standard InChI is InChI=1S/C22H27NO4S/c1-15-10-11-17(14-16(15)2)28(25)13-6-5-12-26-19-9-7-8-18-20(19)23-21(24)27-22(18,3)4/h7-11,14H,5-6,12-13H2,1-4H3,(H,23,24). The van der Waals surface area contributed by atoms with Crippen LogP contribution in [0.1, 0.15) is 43.4 Å². The number of amides is 1. The lowest BCUT2D eigenvalue weighted by Crippen LogP contribution is -2.34. The van der Waals surface area contributed by atoms with Gasteiger partial charge in [-0.25, -0.2) is 4.79 Å². The maximum Gasteiger partial charge on any atom is 0.412 e. The van der Waals surface area contributed by atoms with Crippen LogP contribution in [0.15, 0.2) is 41.3 Å². The normalized spacial score (nSPS) is 16.0. The molecule has 0 spiro atoms. The Kier molecular flexibility index (Phi) is 6.20. The third-order valence-corrected chi connectivity index (χ3v) is 6.41. The molecule has 0 aliphatic carbocycles. The number of anilines is 1. The Morgan fingerprint density at radius 1 is 1.14 bits per heavy atom. The molecule has 2 aromatic carbocycles. The molecule has 0 saturated carbocycles. The lowest BCUT2D eigenvalue weighted by molar-refractivity contribution is 0.0416. The van der Waals surface area contributed by atoms with E-state index in [4.69, 9.17) is 9.47 Å². The number of carbonyl (C=O) groups excluding carboxylic acids is 1. The van der Waals surface area contributed by atoms with Gasteiger partial charge >= 0.3 is 6.09 Å². The number of rotatable bonds is 7. The van der Waals surface area contributed by atoms with Crippen molar-refractivity contribution in [3.63, 3.8) is 0 Å². The van der Waals surface area contributed by atoms with Crippen LogP contribution >= 0.6 is 0 Å². The molecule has 1 amide bonds. The summed E-state index contributed by atoms with van der Waals surface area (Å²) >= 11 is -0.996. The van der Waals surface area contributed by atoms with Crippen LogP contribution in [0.3, 0.4) is 0 Å². The van der Waals surface area contributed by atoms with Crippen LogP contribution in [0.4, 0.5) is 10.5 Å². The smallest absolute Gasteiger partial charge is 0.412 e. The number of ether oxygens (including phenoxy) is 2. The average Bonchev–Trinajstić information content (AvgIpc) is 2.63. The number of unbranched alkanes of at least 4 members (excludes halogenated alkanes) is 1. The van der Waals surface area contributed by atoms with E-state index in [2.05, 4.69) is 12.2 Å². The van der Waals surface area contributed by atoms with Crippen molar-refractivity contribution in [3.8, 4) is 5.75 Å². The highest BCUT2D eigenvalue weighted by molar-refractivity contribution is 7.91. The second-order valence-electron chi connectivity index (χ2n) is 7.55. The average molecular weight is 402 g/mol. The van der Waals surface area contributed by atoms with Gasteiger partial charge in [0.1, 0.15) is 17.1 Å². The van der Waals surface area contributed by atoms with Crippen molar-refractivity contribution in [1.29, 1.82) is 0 Å². The van der Waals surface area contributed by atoms with Gasteiger partial charge in [0.25, 0.3) is 0 Å². The lowest BCUT2D eigenvalue weighted by atomic mass is 9.94. The number of para-hydroxylation sites is 1. The second kappa shape index (κ2) is 8.45. The number of cyclic esters (lactones) is 1. The van der Waals surface area contributed by atoms with Crippen LogP contribution in [0.2, 0.25) is 0 Å². The Morgan fingerprint density at radius 3 is 2.68 bits per heavy atom. The first-order valence-corrected chi connectivity index (χ1v) is 10.8. The van der Waals surface area contributed by atoms with Crippen LogP contribution in [-0.2, 0) is 21.5 Å².